The fourth-order valence-electron chi connectivity index (χ4n) is 8.93. The minimum absolute atomic E-state index is 1.09. The van der Waals surface area contributed by atoms with E-state index < -0.39 is 0 Å². The van der Waals surface area contributed by atoms with E-state index in [0.717, 1.165) is 28.3 Å². The van der Waals surface area contributed by atoms with Crippen LogP contribution in [0.1, 0.15) is 0 Å². The number of anilines is 3. The molecule has 11 rings (SSSR count). The summed E-state index contributed by atoms with van der Waals surface area (Å²) in [5.74, 6) is 0. The molecule has 0 aliphatic heterocycles. The van der Waals surface area contributed by atoms with Gasteiger partial charge in [-0.1, -0.05) is 182 Å². The average molecular weight is 765 g/mol. The third-order valence-electron chi connectivity index (χ3n) is 11.8. The third kappa shape index (κ3) is 6.32. The summed E-state index contributed by atoms with van der Waals surface area (Å²) in [6.45, 7) is 0. The van der Waals surface area contributed by atoms with Gasteiger partial charge in [0.15, 0.2) is 0 Å². The standard InChI is InChI=1S/C58H40N2/c1-4-15-41(16-5-1)43-29-34-49(35-30-43)59(50-36-31-45(32-37-50)53-26-13-20-44-19-10-11-25-52(44)53)51-24-12-21-47(39-51)54-27-14-28-56-58(54)55-38-33-46(42-17-6-2-7-18-42)40-57(55)60(56)48-22-8-3-9-23-48/h1-40H. The Morgan fingerprint density at radius 2 is 0.817 bits per heavy atom. The first-order valence-electron chi connectivity index (χ1n) is 20.6. The van der Waals surface area contributed by atoms with E-state index >= 15 is 0 Å². The van der Waals surface area contributed by atoms with E-state index in [9.17, 15) is 0 Å². The van der Waals surface area contributed by atoms with Crippen molar-refractivity contribution in [1.29, 1.82) is 0 Å². The number of para-hydroxylation sites is 1. The van der Waals surface area contributed by atoms with Gasteiger partial charge >= 0.3 is 0 Å². The van der Waals surface area contributed by atoms with Crippen molar-refractivity contribution in [2.45, 2.75) is 0 Å². The first-order chi connectivity index (χ1) is 29.8. The molecule has 60 heavy (non-hydrogen) atoms. The molecular formula is C58H40N2. The van der Waals surface area contributed by atoms with Crippen LogP contribution >= 0.6 is 0 Å². The van der Waals surface area contributed by atoms with Crippen molar-refractivity contribution >= 4 is 49.6 Å². The van der Waals surface area contributed by atoms with Gasteiger partial charge in [0.1, 0.15) is 0 Å². The van der Waals surface area contributed by atoms with Gasteiger partial charge in [-0.3, -0.25) is 0 Å². The molecule has 1 aromatic heterocycles. The van der Waals surface area contributed by atoms with Crippen LogP contribution in [0.15, 0.2) is 243 Å². The molecule has 2 nitrogen and oxygen atoms in total. The number of rotatable bonds is 8. The molecule has 0 N–H and O–H groups in total. The molecule has 0 radical (unpaired) electrons. The van der Waals surface area contributed by atoms with E-state index in [2.05, 4.69) is 252 Å². The number of aromatic nitrogens is 1. The van der Waals surface area contributed by atoms with E-state index in [4.69, 9.17) is 0 Å². The second kappa shape index (κ2) is 15.1. The van der Waals surface area contributed by atoms with E-state index in [-0.39, 0.29) is 0 Å². The SMILES string of the molecule is c1ccc(-c2ccc(N(c3ccc(-c4cccc5ccccc45)cc3)c3cccc(-c4cccc5c4c4ccc(-c6ccccc6)cc4n5-c4ccccc4)c3)cc2)cc1. The van der Waals surface area contributed by atoms with E-state index in [1.807, 2.05) is 0 Å². The molecule has 11 aromatic rings. The van der Waals surface area contributed by atoms with Crippen LogP contribution in [0.25, 0.3) is 82.8 Å². The number of hydrogen-bond donors (Lipinski definition) is 0. The Hall–Kier alpha value is -7.94. The summed E-state index contributed by atoms with van der Waals surface area (Å²) in [5, 5.41) is 4.97. The van der Waals surface area contributed by atoms with Crippen molar-refractivity contribution in [3.8, 4) is 50.2 Å². The molecule has 282 valence electrons. The lowest BCUT2D eigenvalue weighted by Crippen LogP contribution is -2.10. The van der Waals surface area contributed by atoms with Crippen molar-refractivity contribution in [1.82, 2.24) is 4.57 Å². The molecule has 0 saturated heterocycles. The van der Waals surface area contributed by atoms with Gasteiger partial charge in [0.05, 0.1) is 11.0 Å². The van der Waals surface area contributed by atoms with Crippen LogP contribution < -0.4 is 4.90 Å². The predicted molar refractivity (Wildman–Crippen MR) is 255 cm³/mol. The Bertz CT molecular complexity index is 3270. The largest absolute Gasteiger partial charge is 0.310 e. The lowest BCUT2D eigenvalue weighted by Gasteiger charge is -2.26. The molecule has 0 spiro atoms. The van der Waals surface area contributed by atoms with Gasteiger partial charge in [0.25, 0.3) is 0 Å². The van der Waals surface area contributed by atoms with Crippen LogP contribution in [0, 0.1) is 0 Å². The van der Waals surface area contributed by atoms with Gasteiger partial charge in [-0.05, 0) is 116 Å². The van der Waals surface area contributed by atoms with Crippen LogP contribution in [-0.2, 0) is 0 Å². The highest BCUT2D eigenvalue weighted by Gasteiger charge is 2.19. The summed E-state index contributed by atoms with van der Waals surface area (Å²) < 4.78 is 2.42. The Balaban J connectivity index is 1.07. The second-order valence-corrected chi connectivity index (χ2v) is 15.3. The zero-order valence-electron chi connectivity index (χ0n) is 33.0. The predicted octanol–water partition coefficient (Wildman–Crippen LogP) is 16.1. The Morgan fingerprint density at radius 1 is 0.283 bits per heavy atom. The number of hydrogen-bond acceptors (Lipinski definition) is 1. The first kappa shape index (κ1) is 35.2. The lowest BCUT2D eigenvalue weighted by atomic mass is 9.97. The summed E-state index contributed by atoms with van der Waals surface area (Å²) in [4.78, 5) is 2.38. The van der Waals surface area contributed by atoms with Crippen molar-refractivity contribution in [2.75, 3.05) is 4.90 Å². The highest BCUT2D eigenvalue weighted by atomic mass is 15.1. The third-order valence-corrected chi connectivity index (χ3v) is 11.8. The maximum atomic E-state index is 2.42. The lowest BCUT2D eigenvalue weighted by molar-refractivity contribution is 1.18. The van der Waals surface area contributed by atoms with Crippen molar-refractivity contribution in [3.63, 3.8) is 0 Å². The van der Waals surface area contributed by atoms with Gasteiger partial charge < -0.3 is 9.47 Å². The molecule has 0 saturated carbocycles. The quantitative estimate of drug-likeness (QED) is 0.150. The maximum Gasteiger partial charge on any atom is 0.0547 e. The van der Waals surface area contributed by atoms with Crippen LogP contribution in [0.2, 0.25) is 0 Å². The summed E-state index contributed by atoms with van der Waals surface area (Å²) >= 11 is 0. The smallest absolute Gasteiger partial charge is 0.0547 e. The maximum absolute atomic E-state index is 2.42. The molecule has 0 atom stereocenters. The fourth-order valence-corrected chi connectivity index (χ4v) is 8.93. The molecule has 10 aromatic carbocycles. The fraction of sp³-hybridized carbons (Fsp3) is 0. The van der Waals surface area contributed by atoms with Gasteiger partial charge in [0, 0.05) is 33.5 Å². The van der Waals surface area contributed by atoms with E-state index in [1.54, 1.807) is 0 Å². The van der Waals surface area contributed by atoms with Crippen LogP contribution in [0.3, 0.4) is 0 Å². The molecule has 0 bridgehead atoms. The highest BCUT2D eigenvalue weighted by molar-refractivity contribution is 6.16. The molecule has 0 fully saturated rings. The first-order valence-corrected chi connectivity index (χ1v) is 20.6. The number of nitrogens with zero attached hydrogens (tertiary/aromatic N) is 2. The Labute approximate surface area is 350 Å². The molecule has 0 aliphatic rings. The number of benzene rings is 10. The topological polar surface area (TPSA) is 8.17 Å². The monoisotopic (exact) mass is 764 g/mol. The summed E-state index contributed by atoms with van der Waals surface area (Å²) in [6, 6.07) is 87.8. The van der Waals surface area contributed by atoms with E-state index in [0.29, 0.717) is 0 Å². The summed E-state index contributed by atoms with van der Waals surface area (Å²) in [6.07, 6.45) is 0. The van der Waals surface area contributed by atoms with Gasteiger partial charge in [-0.15, -0.1) is 0 Å². The van der Waals surface area contributed by atoms with Crippen molar-refractivity contribution < 1.29 is 0 Å². The van der Waals surface area contributed by atoms with Crippen molar-refractivity contribution in [2.24, 2.45) is 0 Å². The number of fused-ring (bicyclic) bond motifs is 4. The molecule has 1 heterocycles. The minimum atomic E-state index is 1.09. The van der Waals surface area contributed by atoms with Gasteiger partial charge in [0.2, 0.25) is 0 Å². The molecule has 0 unspecified atom stereocenters. The Kier molecular flexibility index (Phi) is 8.87. The molecule has 0 amide bonds. The molecule has 0 aliphatic carbocycles. The van der Waals surface area contributed by atoms with Crippen LogP contribution in [0.4, 0.5) is 17.1 Å². The second-order valence-electron chi connectivity index (χ2n) is 15.3. The van der Waals surface area contributed by atoms with Crippen LogP contribution in [0.5, 0.6) is 0 Å². The molecular weight excluding hydrogens is 725 g/mol. The van der Waals surface area contributed by atoms with E-state index in [1.165, 1.54) is 71.5 Å². The average Bonchev–Trinajstić information content (AvgIpc) is 3.67. The highest BCUT2D eigenvalue weighted by Crippen LogP contribution is 2.43. The van der Waals surface area contributed by atoms with Crippen LogP contribution in [-0.4, -0.2) is 4.57 Å². The van der Waals surface area contributed by atoms with Crippen molar-refractivity contribution in [3.05, 3.63) is 243 Å². The van der Waals surface area contributed by atoms with Gasteiger partial charge in [-0.2, -0.15) is 0 Å². The minimum Gasteiger partial charge on any atom is -0.310 e. The zero-order valence-corrected chi connectivity index (χ0v) is 33.0. The van der Waals surface area contributed by atoms with Gasteiger partial charge in [-0.25, -0.2) is 0 Å². The summed E-state index contributed by atoms with van der Waals surface area (Å²) in [7, 11) is 0. The zero-order chi connectivity index (χ0) is 39.8. The normalized spacial score (nSPS) is 11.3. The Morgan fingerprint density at radius 3 is 1.55 bits per heavy atom. The molecule has 2 heteroatoms. The summed E-state index contributed by atoms with van der Waals surface area (Å²) in [5.41, 5.74) is 16.4.